The minimum Gasteiger partial charge on any atom is -0.452 e. The minimum absolute atomic E-state index is 0.0623. The summed E-state index contributed by atoms with van der Waals surface area (Å²) in [6.45, 7) is -0.876. The van der Waals surface area contributed by atoms with E-state index in [2.05, 4.69) is 5.32 Å². The van der Waals surface area contributed by atoms with E-state index in [-0.39, 0.29) is 17.7 Å². The van der Waals surface area contributed by atoms with Gasteiger partial charge in [0, 0.05) is 6.54 Å². The third kappa shape index (κ3) is 4.84. The van der Waals surface area contributed by atoms with Crippen molar-refractivity contribution in [3.05, 3.63) is 71.3 Å². The summed E-state index contributed by atoms with van der Waals surface area (Å²) < 4.78 is 43.3. The lowest BCUT2D eigenvalue weighted by atomic mass is 10.1. The summed E-state index contributed by atoms with van der Waals surface area (Å²) in [6, 6.07) is 13.0. The number of hydrogen-bond acceptors (Lipinski definition) is 3. The van der Waals surface area contributed by atoms with Crippen LogP contribution in [0.15, 0.2) is 54.6 Å². The molecule has 2 rings (SSSR count). The first-order valence-corrected chi connectivity index (χ1v) is 7.02. The van der Waals surface area contributed by atoms with E-state index >= 15 is 0 Å². The number of benzene rings is 2. The van der Waals surface area contributed by atoms with E-state index in [0.717, 1.165) is 6.07 Å². The Morgan fingerprint density at radius 3 is 2.25 bits per heavy atom. The number of hydrogen-bond donors (Lipinski definition) is 1. The van der Waals surface area contributed by atoms with Crippen molar-refractivity contribution >= 4 is 11.9 Å². The first-order valence-electron chi connectivity index (χ1n) is 7.02. The van der Waals surface area contributed by atoms with Crippen molar-refractivity contribution in [3.8, 4) is 0 Å². The highest BCUT2D eigenvalue weighted by Crippen LogP contribution is 2.31. The second-order valence-electron chi connectivity index (χ2n) is 4.87. The van der Waals surface area contributed by atoms with Crippen LogP contribution in [0.2, 0.25) is 0 Å². The Balaban J connectivity index is 1.87. The van der Waals surface area contributed by atoms with Crippen LogP contribution in [0.3, 0.4) is 0 Å². The second kappa shape index (κ2) is 7.63. The van der Waals surface area contributed by atoms with Crippen molar-refractivity contribution < 1.29 is 27.5 Å². The highest BCUT2D eigenvalue weighted by atomic mass is 19.4. The van der Waals surface area contributed by atoms with Crippen molar-refractivity contribution in [2.24, 2.45) is 0 Å². The Kier molecular flexibility index (Phi) is 5.57. The third-order valence-corrected chi connectivity index (χ3v) is 3.14. The number of halogens is 3. The van der Waals surface area contributed by atoms with Crippen LogP contribution in [0.1, 0.15) is 21.5 Å². The zero-order valence-corrected chi connectivity index (χ0v) is 12.5. The highest BCUT2D eigenvalue weighted by Gasteiger charge is 2.32. The number of amides is 1. The van der Waals surface area contributed by atoms with Crippen molar-refractivity contribution in [3.63, 3.8) is 0 Å². The molecule has 0 atom stereocenters. The number of nitrogens with one attached hydrogen (secondary N) is 1. The van der Waals surface area contributed by atoms with Gasteiger partial charge in [-0.2, -0.15) is 13.2 Å². The van der Waals surface area contributed by atoms with Crippen LogP contribution >= 0.6 is 0 Å². The average Bonchev–Trinajstić information content (AvgIpc) is 2.58. The van der Waals surface area contributed by atoms with Crippen LogP contribution in [0.5, 0.6) is 0 Å². The van der Waals surface area contributed by atoms with Crippen LogP contribution in [0.25, 0.3) is 0 Å². The molecule has 1 amide bonds. The number of rotatable bonds is 5. The lowest BCUT2D eigenvalue weighted by Gasteiger charge is -2.13. The third-order valence-electron chi connectivity index (χ3n) is 3.14. The van der Waals surface area contributed by atoms with Crippen LogP contribution in [0, 0.1) is 0 Å². The molecule has 126 valence electrons. The van der Waals surface area contributed by atoms with Gasteiger partial charge in [0.2, 0.25) is 0 Å². The monoisotopic (exact) mass is 337 g/mol. The molecule has 0 heterocycles. The van der Waals surface area contributed by atoms with E-state index in [1.165, 1.54) is 30.3 Å². The largest absolute Gasteiger partial charge is 0.452 e. The van der Waals surface area contributed by atoms with Gasteiger partial charge in [-0.1, -0.05) is 36.4 Å². The predicted octanol–water partition coefficient (Wildman–Crippen LogP) is 3.18. The van der Waals surface area contributed by atoms with Crippen LogP contribution in [0.4, 0.5) is 13.2 Å². The van der Waals surface area contributed by atoms with Gasteiger partial charge >= 0.3 is 12.1 Å². The fraction of sp³-hybridized carbons (Fsp3) is 0.176. The first-order chi connectivity index (χ1) is 11.4. The predicted molar refractivity (Wildman–Crippen MR) is 80.0 cm³/mol. The molecule has 0 saturated carbocycles. The second-order valence-corrected chi connectivity index (χ2v) is 4.87. The van der Waals surface area contributed by atoms with E-state index in [0.29, 0.717) is 0 Å². The summed E-state index contributed by atoms with van der Waals surface area (Å²) in [6.07, 6.45) is -4.50. The Morgan fingerprint density at radius 1 is 0.958 bits per heavy atom. The number of ether oxygens (including phenoxy) is 1. The first kappa shape index (κ1) is 17.5. The SMILES string of the molecule is O=C(COC(=O)c1ccccc1)NCc1ccccc1C(F)(F)F. The molecule has 0 fully saturated rings. The molecule has 0 saturated heterocycles. The molecular formula is C17H14F3NO3. The topological polar surface area (TPSA) is 55.4 Å². The Bertz CT molecular complexity index is 715. The maximum atomic E-state index is 12.8. The molecule has 0 spiro atoms. The fourth-order valence-corrected chi connectivity index (χ4v) is 1.98. The molecule has 0 aliphatic heterocycles. The lowest BCUT2D eigenvalue weighted by Crippen LogP contribution is -2.29. The molecule has 0 bridgehead atoms. The Labute approximate surface area is 136 Å². The minimum atomic E-state index is -4.50. The molecule has 1 N–H and O–H groups in total. The van der Waals surface area contributed by atoms with Crippen molar-refractivity contribution in [2.75, 3.05) is 6.61 Å². The molecule has 0 unspecified atom stereocenters. The molecule has 0 aromatic heterocycles. The number of alkyl halides is 3. The smallest absolute Gasteiger partial charge is 0.416 e. The van der Waals surface area contributed by atoms with Crippen molar-refractivity contribution in [1.29, 1.82) is 0 Å². The zero-order chi connectivity index (χ0) is 17.6. The molecule has 7 heteroatoms. The van der Waals surface area contributed by atoms with E-state index < -0.39 is 30.2 Å². The van der Waals surface area contributed by atoms with E-state index in [1.54, 1.807) is 18.2 Å². The van der Waals surface area contributed by atoms with Gasteiger partial charge in [-0.15, -0.1) is 0 Å². The van der Waals surface area contributed by atoms with Gasteiger partial charge in [-0.05, 0) is 23.8 Å². The average molecular weight is 337 g/mol. The Hall–Kier alpha value is -2.83. The van der Waals surface area contributed by atoms with Gasteiger partial charge in [0.1, 0.15) is 0 Å². The van der Waals surface area contributed by atoms with E-state index in [9.17, 15) is 22.8 Å². The molecule has 0 radical (unpaired) electrons. The molecular weight excluding hydrogens is 323 g/mol. The molecule has 24 heavy (non-hydrogen) atoms. The van der Waals surface area contributed by atoms with Crippen molar-refractivity contribution in [1.82, 2.24) is 5.32 Å². The van der Waals surface area contributed by atoms with E-state index in [1.807, 2.05) is 0 Å². The van der Waals surface area contributed by atoms with Gasteiger partial charge in [0.25, 0.3) is 5.91 Å². The fourth-order valence-electron chi connectivity index (χ4n) is 1.98. The normalized spacial score (nSPS) is 11.0. The molecule has 0 aliphatic rings. The van der Waals surface area contributed by atoms with Gasteiger partial charge in [0.05, 0.1) is 11.1 Å². The van der Waals surface area contributed by atoms with Crippen molar-refractivity contribution in [2.45, 2.75) is 12.7 Å². The van der Waals surface area contributed by atoms with Gasteiger partial charge in [-0.25, -0.2) is 4.79 Å². The summed E-state index contributed by atoms with van der Waals surface area (Å²) in [5, 5.41) is 2.30. The van der Waals surface area contributed by atoms with E-state index in [4.69, 9.17) is 4.74 Å². The summed E-state index contributed by atoms with van der Waals surface area (Å²) in [7, 11) is 0. The van der Waals surface area contributed by atoms with Gasteiger partial charge in [0.15, 0.2) is 6.61 Å². The number of carbonyl (C=O) groups excluding carboxylic acids is 2. The summed E-state index contributed by atoms with van der Waals surface area (Å²) in [5.41, 5.74) is -0.591. The van der Waals surface area contributed by atoms with Gasteiger partial charge in [-0.3, -0.25) is 4.79 Å². The molecule has 2 aromatic carbocycles. The van der Waals surface area contributed by atoms with Crippen LogP contribution in [-0.2, 0) is 22.3 Å². The maximum Gasteiger partial charge on any atom is 0.416 e. The summed E-state index contributed by atoms with van der Waals surface area (Å²) in [4.78, 5) is 23.3. The number of esters is 1. The standard InChI is InChI=1S/C17H14F3NO3/c18-17(19,20)14-9-5-4-8-13(14)10-21-15(22)11-24-16(23)12-6-2-1-3-7-12/h1-9H,10-11H2,(H,21,22). The van der Waals surface area contributed by atoms with Crippen LogP contribution in [-0.4, -0.2) is 18.5 Å². The summed E-state index contributed by atoms with van der Waals surface area (Å²) in [5.74, 6) is -1.36. The molecule has 0 aliphatic carbocycles. The lowest BCUT2D eigenvalue weighted by molar-refractivity contribution is -0.138. The summed E-state index contributed by atoms with van der Waals surface area (Å²) >= 11 is 0. The van der Waals surface area contributed by atoms with Crippen LogP contribution < -0.4 is 5.32 Å². The Morgan fingerprint density at radius 2 is 1.58 bits per heavy atom. The maximum absolute atomic E-state index is 12.8. The number of carbonyl (C=O) groups is 2. The molecule has 2 aromatic rings. The quantitative estimate of drug-likeness (QED) is 0.853. The highest BCUT2D eigenvalue weighted by molar-refractivity contribution is 5.91. The van der Waals surface area contributed by atoms with Gasteiger partial charge < -0.3 is 10.1 Å². The zero-order valence-electron chi connectivity index (χ0n) is 12.5. The molecule has 4 nitrogen and oxygen atoms in total.